The Labute approximate surface area is 378 Å². The Morgan fingerprint density at radius 1 is 0.368 bits per heavy atom. The molecule has 12 aromatic rings. The minimum Gasteiger partial charge on any atom is -0.254 e. The van der Waals surface area contributed by atoms with Gasteiger partial charge in [0.05, 0.1) is 60.6 Å². The fourth-order valence-corrected chi connectivity index (χ4v) is 8.24. The number of aromatic nitrogens is 2. The predicted octanol–water partition coefficient (Wildman–Crippen LogP) is 15.2. The zero-order valence-electron chi connectivity index (χ0n) is 60.3. The van der Waals surface area contributed by atoms with Gasteiger partial charge in [-0.25, -0.2) is 4.98 Å². The third-order valence-electron chi connectivity index (χ3n) is 9.36. The summed E-state index contributed by atoms with van der Waals surface area (Å²) in [7, 11) is 0. The van der Waals surface area contributed by atoms with E-state index in [0.717, 1.165) is 0 Å². The molecule has 0 aliphatic rings. The van der Waals surface area contributed by atoms with Crippen molar-refractivity contribution in [2.45, 2.75) is 0 Å². The van der Waals surface area contributed by atoms with Crippen LogP contribution in [-0.2, 0) is 0 Å². The van der Waals surface area contributed by atoms with Crippen molar-refractivity contribution >= 4 is 76.2 Å². The van der Waals surface area contributed by atoms with E-state index in [1.165, 1.54) is 0 Å². The molecular weight excluding hydrogens is 709 g/mol. The summed E-state index contributed by atoms with van der Waals surface area (Å²) in [6, 6.07) is -29.7. The molecule has 0 atom stereocenters. The molecule has 0 aliphatic carbocycles. The van der Waals surface area contributed by atoms with Gasteiger partial charge in [0.2, 0.25) is 0 Å². The van der Waals surface area contributed by atoms with E-state index in [2.05, 4.69) is 9.97 Å². The summed E-state index contributed by atoms with van der Waals surface area (Å²) in [5.74, 6) is 0. The van der Waals surface area contributed by atoms with Crippen molar-refractivity contribution in [3.63, 3.8) is 0 Å². The van der Waals surface area contributed by atoms with Crippen LogP contribution in [-0.4, -0.2) is 9.97 Å². The molecule has 9 aromatic carbocycles. The first-order valence-electron chi connectivity index (χ1n) is 32.8. The van der Waals surface area contributed by atoms with Crippen molar-refractivity contribution in [1.29, 1.82) is 0 Å². The Bertz CT molecular complexity index is 5330. The van der Waals surface area contributed by atoms with E-state index >= 15 is 0 Å². The van der Waals surface area contributed by atoms with E-state index < -0.39 is 307 Å². The molecule has 0 radical (unpaired) electrons. The molecule has 0 spiro atoms. The fraction of sp³-hybridized carbons (Fsp3) is 0. The van der Waals surface area contributed by atoms with Crippen LogP contribution in [0.5, 0.6) is 0 Å². The van der Waals surface area contributed by atoms with E-state index in [4.69, 9.17) is 23.3 Å². The zero-order valence-corrected chi connectivity index (χ0v) is 29.1. The number of rotatable bonds is 5. The van der Waals surface area contributed by atoms with Crippen molar-refractivity contribution in [2.75, 3.05) is 0 Å². The highest BCUT2D eigenvalue weighted by molar-refractivity contribution is 7.20. The summed E-state index contributed by atoms with van der Waals surface area (Å²) < 4.78 is 294. The summed E-state index contributed by atoms with van der Waals surface area (Å²) in [4.78, 5) is 7.24. The molecule has 264 valence electrons. The normalized spacial score (nSPS) is 19.7. The highest BCUT2D eigenvalue weighted by atomic mass is 32.1. The molecule has 0 saturated heterocycles. The maximum absolute atomic E-state index is 10.2. The molecule has 3 aromatic heterocycles. The smallest absolute Gasteiger partial charge is 0.0972 e. The van der Waals surface area contributed by atoms with Gasteiger partial charge in [-0.2, -0.15) is 0 Å². The third kappa shape index (κ3) is 4.96. The van der Waals surface area contributed by atoms with Crippen LogP contribution in [0.25, 0.3) is 119 Å². The lowest BCUT2D eigenvalue weighted by atomic mass is 9.86. The van der Waals surface area contributed by atoms with Gasteiger partial charge in [0.25, 0.3) is 0 Å². The van der Waals surface area contributed by atoms with Gasteiger partial charge < -0.3 is 0 Å². The molecule has 0 bridgehead atoms. The second kappa shape index (κ2) is 12.7. The average Bonchev–Trinajstić information content (AvgIpc) is 1.65. The molecule has 0 amide bonds. The number of nitrogens with zero attached hydrogens (tertiary/aromatic N) is 2. The van der Waals surface area contributed by atoms with Crippen LogP contribution in [0.1, 0.15) is 43.9 Å². The highest BCUT2D eigenvalue weighted by Gasteiger charge is 2.26. The second-order valence-corrected chi connectivity index (χ2v) is 13.4. The van der Waals surface area contributed by atoms with Gasteiger partial charge in [0.1, 0.15) is 0 Å². The Morgan fingerprint density at radius 3 is 1.74 bits per heavy atom. The Morgan fingerprint density at radius 2 is 0.947 bits per heavy atom. The molecular formula is C54H32N2S. The van der Waals surface area contributed by atoms with Gasteiger partial charge in [0, 0.05) is 49.0 Å². The Balaban J connectivity index is 1.40. The van der Waals surface area contributed by atoms with Gasteiger partial charge in [0.15, 0.2) is 0 Å². The molecule has 3 heterocycles. The molecule has 3 heteroatoms. The highest BCUT2D eigenvalue weighted by Crippen LogP contribution is 2.55. The lowest BCUT2D eigenvalue weighted by Crippen LogP contribution is -1.92. The average molecular weight is 773 g/mol. The minimum atomic E-state index is -1.18. The molecule has 57 heavy (non-hydrogen) atoms. The molecule has 0 fully saturated rings. The van der Waals surface area contributed by atoms with Crippen molar-refractivity contribution in [3.05, 3.63) is 193 Å². The maximum Gasteiger partial charge on any atom is 0.0972 e. The first-order valence-corrected chi connectivity index (χ1v) is 17.6. The van der Waals surface area contributed by atoms with Crippen molar-refractivity contribution < 1.29 is 43.9 Å². The lowest BCUT2D eigenvalue weighted by Gasteiger charge is -2.17. The first kappa shape index (κ1) is 13.8. The molecule has 0 N–H and O–H groups in total. The number of fused-ring (bicyclic) bond motifs is 4. The molecule has 0 unspecified atom stereocenters. The summed E-state index contributed by atoms with van der Waals surface area (Å²) in [5.41, 5.74) is -7.71. The van der Waals surface area contributed by atoms with Gasteiger partial charge in [-0.05, 0) is 71.9 Å². The molecule has 0 saturated carbocycles. The quantitative estimate of drug-likeness (QED) is 0.163. The molecule has 12 rings (SSSR count). The van der Waals surface area contributed by atoms with Crippen molar-refractivity contribution in [3.8, 4) is 54.4 Å². The van der Waals surface area contributed by atoms with Crippen LogP contribution < -0.4 is 0 Å². The minimum absolute atomic E-state index is 0.277. The second-order valence-electron chi connectivity index (χ2n) is 12.4. The van der Waals surface area contributed by atoms with Crippen LogP contribution in [0.2, 0.25) is 0 Å². The number of hydrogen-bond donors (Lipinski definition) is 0. The monoisotopic (exact) mass is 772 g/mol. The van der Waals surface area contributed by atoms with E-state index in [9.17, 15) is 20.6 Å². The number of benzene rings is 9. The first-order chi connectivity index (χ1) is 41.6. The lowest BCUT2D eigenvalue weighted by molar-refractivity contribution is 1.37. The Kier molecular flexibility index (Phi) is 3.06. The number of pyridine rings is 2. The van der Waals surface area contributed by atoms with Crippen LogP contribution in [0.15, 0.2) is 193 Å². The maximum atomic E-state index is 10.2. The largest absolute Gasteiger partial charge is 0.254 e. The third-order valence-corrected chi connectivity index (χ3v) is 10.6. The zero-order chi connectivity index (χ0) is 65.3. The van der Waals surface area contributed by atoms with E-state index in [1.807, 2.05) is 0 Å². The summed E-state index contributed by atoms with van der Waals surface area (Å²) in [5, 5.41) is -5.65. The molecule has 0 aliphatic heterocycles. The van der Waals surface area contributed by atoms with E-state index in [1.54, 1.807) is 0 Å². The SMILES string of the molecule is [2H]c1nc2c(c([2H])c1[2H])c([2H])c([2H])c1c([2H])c([2H])c(-c3c([2H])c([2H])c(-c4c(-c5c([2H])c([2H])c([2H])c([2H])c5[2H])sc(-c5c([2H])c([2H])c6c([2H])c([2H])c7c([2H])c([2H])c([2H])c8c([2H])c([2H])c5c6c78)c4-c4c([2H])c([2H])c([2H])c([2H])c4[2H])c4c([2H])c([2H])c([2H])c([2H])c34)nc12. The van der Waals surface area contributed by atoms with Gasteiger partial charge in [-0.3, -0.25) is 4.98 Å². The van der Waals surface area contributed by atoms with E-state index in [0.29, 0.717) is 0 Å². The van der Waals surface area contributed by atoms with Gasteiger partial charge in [-0.15, -0.1) is 11.3 Å². The van der Waals surface area contributed by atoms with Gasteiger partial charge >= 0.3 is 0 Å². The molecule has 2 nitrogen and oxygen atoms in total. The summed E-state index contributed by atoms with van der Waals surface area (Å²) in [6.45, 7) is 0. The van der Waals surface area contributed by atoms with Gasteiger partial charge in [-0.1, -0.05) is 175 Å². The topological polar surface area (TPSA) is 25.8 Å². The van der Waals surface area contributed by atoms with Crippen LogP contribution in [0, 0.1) is 0 Å². The van der Waals surface area contributed by atoms with Crippen LogP contribution in [0.4, 0.5) is 0 Å². The van der Waals surface area contributed by atoms with Crippen LogP contribution in [0.3, 0.4) is 0 Å². The number of hydrogen-bond acceptors (Lipinski definition) is 3. The summed E-state index contributed by atoms with van der Waals surface area (Å²) in [6.07, 6.45) is -0.822. The summed E-state index contributed by atoms with van der Waals surface area (Å²) >= 11 is 0.277. The fourth-order valence-electron chi connectivity index (χ4n) is 6.97. The number of thiophene rings is 1. The van der Waals surface area contributed by atoms with E-state index in [-0.39, 0.29) is 16.7 Å². The van der Waals surface area contributed by atoms with Crippen LogP contribution >= 0.6 is 11.3 Å². The van der Waals surface area contributed by atoms with Crippen molar-refractivity contribution in [1.82, 2.24) is 9.97 Å². The van der Waals surface area contributed by atoms with Crippen molar-refractivity contribution in [2.24, 2.45) is 0 Å². The predicted molar refractivity (Wildman–Crippen MR) is 243 cm³/mol. The standard InChI is InChI=1S/C54H32N2S/c1-3-11-33(12-4-1)49-50(43-30-29-42(40-18-7-8-19-41(40)43)46-31-26-38-23-22-37-17-10-32-55-51(37)52(38)56-46)53(39-13-5-2-6-14-39)57-54(49)45-28-25-36-21-20-34-15-9-16-35-24-27-44(45)48(36)47(34)35/h1-32H/i1D,2D,3D,4D,5D,6D,7D,8D,9D,10D,11D,12D,13D,14D,15D,16D,17D,18D,19D,20D,21D,22D,23D,24D,25D,26D,27D,28D,29D,30D,31D,32D. The Hall–Kier alpha value is -7.20.